The van der Waals surface area contributed by atoms with Gasteiger partial charge in [-0.25, -0.2) is 4.68 Å². The molecule has 2 heterocycles. The van der Waals surface area contributed by atoms with Crippen molar-refractivity contribution >= 4 is 22.5 Å². The first-order valence-corrected chi connectivity index (χ1v) is 12.6. The Kier molecular flexibility index (Phi) is 5.63. The van der Waals surface area contributed by atoms with Crippen molar-refractivity contribution in [2.24, 2.45) is 5.41 Å². The Morgan fingerprint density at radius 2 is 1.63 bits per heavy atom. The topological polar surface area (TPSA) is 87.5 Å². The van der Waals surface area contributed by atoms with Gasteiger partial charge in [0.15, 0.2) is 23.1 Å². The maximum absolute atomic E-state index is 13.7. The number of methoxy groups -OCH3 is 3. The van der Waals surface area contributed by atoms with Gasteiger partial charge in [-0.1, -0.05) is 56.3 Å². The van der Waals surface area contributed by atoms with E-state index in [1.807, 2.05) is 30.3 Å². The van der Waals surface area contributed by atoms with Crippen molar-refractivity contribution in [2.45, 2.75) is 32.7 Å². The van der Waals surface area contributed by atoms with Crippen LogP contribution in [0.1, 0.15) is 38.3 Å². The molecule has 2 aliphatic rings. The molecule has 0 saturated heterocycles. The molecule has 6 rings (SSSR count). The van der Waals surface area contributed by atoms with Crippen LogP contribution in [0.25, 0.3) is 22.2 Å². The number of nitrogens with zero attached hydrogens (tertiary/aromatic N) is 3. The van der Waals surface area contributed by atoms with Crippen molar-refractivity contribution in [3.8, 4) is 28.6 Å². The van der Waals surface area contributed by atoms with Gasteiger partial charge in [-0.2, -0.15) is 4.98 Å². The number of rotatable bonds is 5. The molecule has 3 aromatic carbocycles. The smallest absolute Gasteiger partial charge is 0.226 e. The lowest BCUT2D eigenvalue weighted by atomic mass is 9.73. The summed E-state index contributed by atoms with van der Waals surface area (Å²) in [4.78, 5) is 18.7. The third-order valence-corrected chi connectivity index (χ3v) is 7.39. The molecule has 0 fully saturated rings. The minimum Gasteiger partial charge on any atom is -0.496 e. The molecule has 8 nitrogen and oxygen atoms in total. The number of benzene rings is 3. The van der Waals surface area contributed by atoms with Crippen LogP contribution in [0.3, 0.4) is 0 Å². The molecular weight excluding hydrogens is 480 g/mol. The summed E-state index contributed by atoms with van der Waals surface area (Å²) < 4.78 is 18.8. The zero-order valence-corrected chi connectivity index (χ0v) is 22.2. The maximum atomic E-state index is 13.7. The lowest BCUT2D eigenvalue weighted by Gasteiger charge is -2.38. The maximum Gasteiger partial charge on any atom is 0.226 e. The van der Waals surface area contributed by atoms with Gasteiger partial charge in [-0.3, -0.25) is 4.79 Å². The van der Waals surface area contributed by atoms with E-state index in [-0.39, 0.29) is 11.2 Å². The average Bonchev–Trinajstić information content (AvgIpc) is 3.33. The number of ether oxygens (including phenoxy) is 3. The Labute approximate surface area is 221 Å². The SMILES string of the molecule is COc1cc(OC)c(C2C3=C(CC(C)(C)CC3=O)Nc3nc(-c4cccc5ccccc45)nn32)cc1OC. The number of hydrogen-bond acceptors (Lipinski definition) is 7. The van der Waals surface area contributed by atoms with E-state index in [4.69, 9.17) is 24.3 Å². The molecule has 0 spiro atoms. The number of fused-ring (bicyclic) bond motifs is 2. The molecule has 1 unspecified atom stereocenters. The summed E-state index contributed by atoms with van der Waals surface area (Å²) in [7, 11) is 4.78. The van der Waals surface area contributed by atoms with Crippen LogP contribution in [0.5, 0.6) is 17.2 Å². The summed E-state index contributed by atoms with van der Waals surface area (Å²) in [6, 6.07) is 17.4. The summed E-state index contributed by atoms with van der Waals surface area (Å²) in [6.45, 7) is 4.23. The fourth-order valence-electron chi connectivity index (χ4n) is 5.70. The highest BCUT2D eigenvalue weighted by Crippen LogP contribution is 2.49. The van der Waals surface area contributed by atoms with Crippen molar-refractivity contribution in [2.75, 3.05) is 26.6 Å². The van der Waals surface area contributed by atoms with Crippen molar-refractivity contribution in [3.63, 3.8) is 0 Å². The molecule has 1 aliphatic carbocycles. The van der Waals surface area contributed by atoms with Crippen LogP contribution in [-0.4, -0.2) is 41.9 Å². The van der Waals surface area contributed by atoms with Gasteiger partial charge in [0.25, 0.3) is 0 Å². The third-order valence-electron chi connectivity index (χ3n) is 7.39. The molecule has 194 valence electrons. The summed E-state index contributed by atoms with van der Waals surface area (Å²) in [5, 5.41) is 10.6. The van der Waals surface area contributed by atoms with Crippen molar-refractivity contribution in [1.82, 2.24) is 14.8 Å². The summed E-state index contributed by atoms with van der Waals surface area (Å²) >= 11 is 0. The van der Waals surface area contributed by atoms with Crippen LogP contribution < -0.4 is 19.5 Å². The number of Topliss-reactive ketones (excluding diaryl/α,β-unsaturated/α-hetero) is 1. The van der Waals surface area contributed by atoms with Crippen LogP contribution in [0.2, 0.25) is 0 Å². The van der Waals surface area contributed by atoms with E-state index >= 15 is 0 Å². The van der Waals surface area contributed by atoms with Gasteiger partial charge in [0.05, 0.1) is 21.3 Å². The highest BCUT2D eigenvalue weighted by molar-refractivity contribution is 6.00. The molecular formula is C30H30N4O4. The van der Waals surface area contributed by atoms with Crippen molar-refractivity contribution in [3.05, 3.63) is 71.4 Å². The summed E-state index contributed by atoms with van der Waals surface area (Å²) in [5.41, 5.74) is 3.06. The summed E-state index contributed by atoms with van der Waals surface area (Å²) in [5.74, 6) is 2.91. The normalized spacial score (nSPS) is 18.0. The van der Waals surface area contributed by atoms with Crippen LogP contribution in [0.4, 0.5) is 5.95 Å². The highest BCUT2D eigenvalue weighted by Gasteiger charge is 2.43. The van der Waals surface area contributed by atoms with E-state index in [0.29, 0.717) is 41.0 Å². The molecule has 0 amide bonds. The van der Waals surface area contributed by atoms with E-state index in [0.717, 1.165) is 34.0 Å². The Morgan fingerprint density at radius 3 is 2.39 bits per heavy atom. The second kappa shape index (κ2) is 8.90. The molecule has 1 atom stereocenters. The molecule has 1 N–H and O–H groups in total. The molecule has 1 aliphatic heterocycles. The first kappa shape index (κ1) is 24.0. The average molecular weight is 511 g/mol. The van der Waals surface area contributed by atoms with E-state index in [2.05, 4.69) is 37.4 Å². The van der Waals surface area contributed by atoms with E-state index in [9.17, 15) is 4.79 Å². The minimum absolute atomic E-state index is 0.0819. The van der Waals surface area contributed by atoms with Crippen LogP contribution >= 0.6 is 0 Å². The van der Waals surface area contributed by atoms with Crippen LogP contribution in [-0.2, 0) is 4.79 Å². The first-order chi connectivity index (χ1) is 18.3. The number of carbonyl (C=O) groups excluding carboxylic acids is 1. The number of anilines is 1. The molecule has 8 heteroatoms. The molecule has 38 heavy (non-hydrogen) atoms. The summed E-state index contributed by atoms with van der Waals surface area (Å²) in [6.07, 6.45) is 1.16. The van der Waals surface area contributed by atoms with Crippen LogP contribution in [0.15, 0.2) is 65.9 Å². The van der Waals surface area contributed by atoms with Crippen LogP contribution in [0, 0.1) is 5.41 Å². The second-order valence-electron chi connectivity index (χ2n) is 10.5. The predicted octanol–water partition coefficient (Wildman–Crippen LogP) is 5.78. The number of ketones is 1. The number of carbonyl (C=O) groups is 1. The largest absolute Gasteiger partial charge is 0.496 e. The molecule has 0 radical (unpaired) electrons. The first-order valence-electron chi connectivity index (χ1n) is 12.6. The zero-order valence-electron chi connectivity index (χ0n) is 22.2. The fraction of sp³-hybridized carbons (Fsp3) is 0.300. The van der Waals surface area contributed by atoms with Gasteiger partial charge in [0.1, 0.15) is 11.8 Å². The Balaban J connectivity index is 1.60. The number of allylic oxidation sites excluding steroid dienone is 2. The number of hydrogen-bond donors (Lipinski definition) is 1. The van der Waals surface area contributed by atoms with E-state index < -0.39 is 6.04 Å². The monoisotopic (exact) mass is 510 g/mol. The van der Waals surface area contributed by atoms with Gasteiger partial charge in [0.2, 0.25) is 5.95 Å². The third kappa shape index (κ3) is 3.79. The van der Waals surface area contributed by atoms with E-state index in [1.165, 1.54) is 0 Å². The fourth-order valence-corrected chi connectivity index (χ4v) is 5.70. The Bertz CT molecular complexity index is 1610. The Hall–Kier alpha value is -4.33. The molecule has 0 bridgehead atoms. The van der Waals surface area contributed by atoms with Gasteiger partial charge >= 0.3 is 0 Å². The van der Waals surface area contributed by atoms with Gasteiger partial charge in [-0.05, 0) is 28.7 Å². The zero-order chi connectivity index (χ0) is 26.6. The standard InChI is InChI=1S/C30H30N4O4/c1-30(2)15-21-26(22(35)16-30)27(20-13-24(37-4)25(38-5)14-23(20)36-3)34-29(31-21)32-28(33-34)19-12-8-10-17-9-6-7-11-18(17)19/h6-14,27H,15-16H2,1-5H3,(H,31,32,33). The lowest BCUT2D eigenvalue weighted by Crippen LogP contribution is -2.36. The highest BCUT2D eigenvalue weighted by atomic mass is 16.5. The van der Waals surface area contributed by atoms with Gasteiger partial charge in [0, 0.05) is 34.9 Å². The van der Waals surface area contributed by atoms with Gasteiger partial charge in [-0.15, -0.1) is 5.10 Å². The molecule has 1 aromatic heterocycles. The van der Waals surface area contributed by atoms with Gasteiger partial charge < -0.3 is 19.5 Å². The number of nitrogens with one attached hydrogen (secondary N) is 1. The quantitative estimate of drug-likeness (QED) is 0.364. The number of aromatic nitrogens is 3. The van der Waals surface area contributed by atoms with E-state index in [1.54, 1.807) is 32.1 Å². The molecule has 4 aromatic rings. The minimum atomic E-state index is -0.546. The molecule has 0 saturated carbocycles. The predicted molar refractivity (Wildman–Crippen MR) is 146 cm³/mol. The van der Waals surface area contributed by atoms with Crippen molar-refractivity contribution in [1.29, 1.82) is 0 Å². The lowest BCUT2D eigenvalue weighted by molar-refractivity contribution is -0.118. The second-order valence-corrected chi connectivity index (χ2v) is 10.5. The van der Waals surface area contributed by atoms with Crippen molar-refractivity contribution < 1.29 is 19.0 Å². The Morgan fingerprint density at radius 1 is 0.921 bits per heavy atom.